The Bertz CT molecular complexity index is 546. The van der Waals surface area contributed by atoms with Gasteiger partial charge in [-0.3, -0.25) is 4.98 Å². The largest absolute Gasteiger partial charge is 0.383 e. The molecule has 0 spiro atoms. The highest BCUT2D eigenvalue weighted by Gasteiger charge is 2.16. The fourth-order valence-electron chi connectivity index (χ4n) is 2.89. The van der Waals surface area contributed by atoms with Gasteiger partial charge in [0.2, 0.25) is 0 Å². The monoisotopic (exact) mass is 255 g/mol. The lowest BCUT2D eigenvalue weighted by Gasteiger charge is -2.19. The van der Waals surface area contributed by atoms with E-state index in [4.69, 9.17) is 0 Å². The van der Waals surface area contributed by atoms with Crippen LogP contribution in [0.1, 0.15) is 26.2 Å². The molecule has 2 aromatic rings. The van der Waals surface area contributed by atoms with Crippen LogP contribution in [-0.2, 0) is 0 Å². The van der Waals surface area contributed by atoms with Crippen LogP contribution in [0, 0.1) is 0 Å². The fraction of sp³-hybridized carbons (Fsp3) is 0.438. The van der Waals surface area contributed by atoms with E-state index < -0.39 is 0 Å². The van der Waals surface area contributed by atoms with Gasteiger partial charge in [0, 0.05) is 29.4 Å². The number of rotatable bonds is 4. The van der Waals surface area contributed by atoms with Crippen molar-refractivity contribution in [3.8, 4) is 0 Å². The molecule has 2 atom stereocenters. The molecule has 19 heavy (non-hydrogen) atoms. The van der Waals surface area contributed by atoms with E-state index in [1.165, 1.54) is 36.9 Å². The van der Waals surface area contributed by atoms with Gasteiger partial charge in [0.15, 0.2) is 0 Å². The first kappa shape index (κ1) is 12.4. The van der Waals surface area contributed by atoms with Crippen molar-refractivity contribution in [1.82, 2.24) is 10.3 Å². The average Bonchev–Trinajstić information content (AvgIpc) is 2.91. The lowest BCUT2D eigenvalue weighted by Crippen LogP contribution is -2.29. The van der Waals surface area contributed by atoms with Crippen LogP contribution in [0.25, 0.3) is 10.9 Å². The fourth-order valence-corrected chi connectivity index (χ4v) is 2.89. The number of anilines is 1. The van der Waals surface area contributed by atoms with E-state index in [0.717, 1.165) is 5.52 Å². The van der Waals surface area contributed by atoms with E-state index >= 15 is 0 Å². The van der Waals surface area contributed by atoms with Gasteiger partial charge >= 0.3 is 0 Å². The lowest BCUT2D eigenvalue weighted by atomic mass is 10.1. The summed E-state index contributed by atoms with van der Waals surface area (Å²) >= 11 is 0. The summed E-state index contributed by atoms with van der Waals surface area (Å²) in [6, 6.07) is 11.6. The molecule has 2 unspecified atom stereocenters. The summed E-state index contributed by atoms with van der Waals surface area (Å²) in [7, 11) is 0. The first-order chi connectivity index (χ1) is 9.31. The van der Waals surface area contributed by atoms with Crippen LogP contribution in [0.5, 0.6) is 0 Å². The molecule has 3 heteroatoms. The first-order valence-corrected chi connectivity index (χ1v) is 7.16. The zero-order valence-corrected chi connectivity index (χ0v) is 11.4. The van der Waals surface area contributed by atoms with Crippen molar-refractivity contribution < 1.29 is 0 Å². The number of pyridine rings is 1. The van der Waals surface area contributed by atoms with E-state index in [2.05, 4.69) is 46.8 Å². The Labute approximate surface area is 114 Å². The van der Waals surface area contributed by atoms with Crippen molar-refractivity contribution in [3.05, 3.63) is 36.5 Å². The summed E-state index contributed by atoms with van der Waals surface area (Å²) in [6.45, 7) is 3.44. The summed E-state index contributed by atoms with van der Waals surface area (Å²) < 4.78 is 0. The number of aromatic nitrogens is 1. The Hall–Kier alpha value is -1.61. The summed E-state index contributed by atoms with van der Waals surface area (Å²) in [4.78, 5) is 4.35. The average molecular weight is 255 g/mol. The summed E-state index contributed by atoms with van der Waals surface area (Å²) in [5, 5.41) is 8.34. The Morgan fingerprint density at radius 3 is 3.21 bits per heavy atom. The van der Waals surface area contributed by atoms with Crippen molar-refractivity contribution in [2.75, 3.05) is 11.9 Å². The van der Waals surface area contributed by atoms with Gasteiger partial charge in [-0.1, -0.05) is 6.07 Å². The third kappa shape index (κ3) is 3.04. The second-order valence-electron chi connectivity index (χ2n) is 5.49. The number of nitrogens with one attached hydrogen (secondary N) is 2. The molecule has 1 saturated heterocycles. The molecule has 1 aromatic carbocycles. The highest BCUT2D eigenvalue weighted by Crippen LogP contribution is 2.19. The molecule has 2 N–H and O–H groups in total. The minimum absolute atomic E-state index is 0.490. The molecule has 1 aliphatic heterocycles. The van der Waals surface area contributed by atoms with Gasteiger partial charge < -0.3 is 10.6 Å². The third-order valence-corrected chi connectivity index (χ3v) is 3.82. The molecule has 1 aromatic heterocycles. The summed E-state index contributed by atoms with van der Waals surface area (Å²) in [5.74, 6) is 0. The summed E-state index contributed by atoms with van der Waals surface area (Å²) in [5.41, 5.74) is 2.24. The normalized spacial score (nSPS) is 20.6. The second-order valence-corrected chi connectivity index (χ2v) is 5.49. The van der Waals surface area contributed by atoms with Gasteiger partial charge in [-0.25, -0.2) is 0 Å². The van der Waals surface area contributed by atoms with E-state index in [0.29, 0.717) is 12.1 Å². The molecule has 0 aliphatic carbocycles. The number of hydrogen-bond acceptors (Lipinski definition) is 3. The minimum atomic E-state index is 0.490. The zero-order chi connectivity index (χ0) is 13.1. The third-order valence-electron chi connectivity index (χ3n) is 3.82. The van der Waals surface area contributed by atoms with Gasteiger partial charge in [-0.15, -0.1) is 0 Å². The van der Waals surface area contributed by atoms with Gasteiger partial charge in [-0.05, 0) is 57.0 Å². The van der Waals surface area contributed by atoms with Crippen molar-refractivity contribution in [1.29, 1.82) is 0 Å². The molecule has 3 nitrogen and oxygen atoms in total. The van der Waals surface area contributed by atoms with Crippen molar-refractivity contribution >= 4 is 16.6 Å². The highest BCUT2D eigenvalue weighted by atomic mass is 15.0. The number of hydrogen-bond donors (Lipinski definition) is 2. The molecular formula is C16H21N3. The van der Waals surface area contributed by atoms with E-state index in [9.17, 15) is 0 Å². The first-order valence-electron chi connectivity index (χ1n) is 7.16. The van der Waals surface area contributed by atoms with Crippen LogP contribution in [0.2, 0.25) is 0 Å². The van der Waals surface area contributed by atoms with Crippen LogP contribution >= 0.6 is 0 Å². The maximum Gasteiger partial charge on any atom is 0.0703 e. The van der Waals surface area contributed by atoms with Gasteiger partial charge in [-0.2, -0.15) is 0 Å². The maximum absolute atomic E-state index is 4.35. The van der Waals surface area contributed by atoms with Crippen molar-refractivity contribution in [3.63, 3.8) is 0 Å². The van der Waals surface area contributed by atoms with Crippen LogP contribution < -0.4 is 10.6 Å². The van der Waals surface area contributed by atoms with Crippen LogP contribution in [0.3, 0.4) is 0 Å². The topological polar surface area (TPSA) is 37.0 Å². The quantitative estimate of drug-likeness (QED) is 0.881. The van der Waals surface area contributed by atoms with Crippen LogP contribution in [0.4, 0.5) is 5.69 Å². The smallest absolute Gasteiger partial charge is 0.0703 e. The predicted molar refractivity (Wildman–Crippen MR) is 80.5 cm³/mol. The highest BCUT2D eigenvalue weighted by molar-refractivity contribution is 5.82. The van der Waals surface area contributed by atoms with Crippen LogP contribution in [-0.4, -0.2) is 23.6 Å². The Kier molecular flexibility index (Phi) is 3.65. The van der Waals surface area contributed by atoms with Gasteiger partial charge in [0.1, 0.15) is 0 Å². The number of benzene rings is 1. The molecule has 100 valence electrons. The van der Waals surface area contributed by atoms with E-state index in [1.807, 2.05) is 12.3 Å². The summed E-state index contributed by atoms with van der Waals surface area (Å²) in [6.07, 6.45) is 5.65. The second kappa shape index (κ2) is 5.57. The van der Waals surface area contributed by atoms with Crippen molar-refractivity contribution in [2.24, 2.45) is 0 Å². The van der Waals surface area contributed by atoms with Gasteiger partial charge in [0.05, 0.1) is 5.52 Å². The molecule has 0 radical (unpaired) electrons. The molecule has 1 aliphatic rings. The van der Waals surface area contributed by atoms with E-state index in [-0.39, 0.29) is 0 Å². The maximum atomic E-state index is 4.35. The van der Waals surface area contributed by atoms with Gasteiger partial charge in [0.25, 0.3) is 0 Å². The van der Waals surface area contributed by atoms with Crippen molar-refractivity contribution in [2.45, 2.75) is 38.3 Å². The molecule has 3 rings (SSSR count). The molecule has 0 bridgehead atoms. The Morgan fingerprint density at radius 1 is 1.42 bits per heavy atom. The lowest BCUT2D eigenvalue weighted by molar-refractivity contribution is 0.523. The molecule has 0 saturated carbocycles. The standard InChI is InChI=1S/C16H21N3/c1-12(10-14-5-3-8-17-14)19-15-6-7-16-13(11-15)4-2-9-18-16/h2,4,6-7,9,11-12,14,17,19H,3,5,8,10H2,1H3. The molecule has 0 amide bonds. The van der Waals surface area contributed by atoms with E-state index in [1.54, 1.807) is 0 Å². The Morgan fingerprint density at radius 2 is 2.37 bits per heavy atom. The number of nitrogens with zero attached hydrogens (tertiary/aromatic N) is 1. The molecular weight excluding hydrogens is 234 g/mol. The molecule has 2 heterocycles. The van der Waals surface area contributed by atoms with Crippen LogP contribution in [0.15, 0.2) is 36.5 Å². The predicted octanol–water partition coefficient (Wildman–Crippen LogP) is 3.18. The Balaban J connectivity index is 1.66. The molecule has 1 fully saturated rings. The minimum Gasteiger partial charge on any atom is -0.383 e. The SMILES string of the molecule is CC(CC1CCCN1)Nc1ccc2ncccc2c1. The number of fused-ring (bicyclic) bond motifs is 1. The zero-order valence-electron chi connectivity index (χ0n) is 11.4.